The fourth-order valence-electron chi connectivity index (χ4n) is 4.45. The van der Waals surface area contributed by atoms with Gasteiger partial charge in [-0.2, -0.15) is 0 Å². The first-order valence-electron chi connectivity index (χ1n) is 11.3. The second kappa shape index (κ2) is 8.90. The first kappa shape index (κ1) is 22.3. The molecule has 2 aromatic carbocycles. The Hall–Kier alpha value is -2.93. The molecule has 3 aromatic rings. The fraction of sp³-hybridized carbons (Fsp3) is 0.480. The maximum atomic E-state index is 5.38. The minimum atomic E-state index is -0.204. The zero-order valence-corrected chi connectivity index (χ0v) is 20.0. The van der Waals surface area contributed by atoms with Gasteiger partial charge in [0.15, 0.2) is 5.82 Å². The van der Waals surface area contributed by atoms with E-state index in [1.165, 1.54) is 22.4 Å². The molecular formula is C25H34N6O. The van der Waals surface area contributed by atoms with Crippen LogP contribution in [0.25, 0.3) is 0 Å². The van der Waals surface area contributed by atoms with E-state index in [1.54, 1.807) is 7.11 Å². The van der Waals surface area contributed by atoms with Crippen molar-refractivity contribution >= 4 is 5.69 Å². The third-order valence-electron chi connectivity index (χ3n) is 6.40. The quantitative estimate of drug-likeness (QED) is 0.606. The van der Waals surface area contributed by atoms with Crippen LogP contribution in [-0.4, -0.2) is 58.4 Å². The van der Waals surface area contributed by atoms with Gasteiger partial charge in [0.05, 0.1) is 18.7 Å². The SMILES string of the molecule is COc1ccc([C@@H](c2nnnn2C(C)(C)C)N2CCN(c3cccc(C)c3C)CC2)cc1. The molecule has 4 rings (SSSR count). The zero-order chi connectivity index (χ0) is 22.9. The van der Waals surface area contributed by atoms with Crippen molar-refractivity contribution in [2.75, 3.05) is 38.2 Å². The number of aromatic nitrogens is 4. The van der Waals surface area contributed by atoms with Crippen molar-refractivity contribution in [1.29, 1.82) is 0 Å². The highest BCUT2D eigenvalue weighted by Gasteiger charge is 2.33. The number of hydrogen-bond acceptors (Lipinski definition) is 6. The molecule has 1 aliphatic rings. The van der Waals surface area contributed by atoms with Crippen molar-refractivity contribution < 1.29 is 4.74 Å². The standard InChI is InChI=1S/C25H34N6O/c1-18-8-7-9-22(19(18)2)29-14-16-30(17-15-29)23(20-10-12-21(32-6)13-11-20)24-26-27-28-31(24)25(3,4)5/h7-13,23H,14-17H2,1-6H3/t23-/m0/s1. The summed E-state index contributed by atoms with van der Waals surface area (Å²) in [5.41, 5.74) is 5.01. The van der Waals surface area contributed by atoms with Gasteiger partial charge in [0.2, 0.25) is 0 Å². The highest BCUT2D eigenvalue weighted by atomic mass is 16.5. The molecular weight excluding hydrogens is 400 g/mol. The van der Waals surface area contributed by atoms with Crippen molar-refractivity contribution in [3.63, 3.8) is 0 Å². The summed E-state index contributed by atoms with van der Waals surface area (Å²) in [5, 5.41) is 12.9. The first-order valence-corrected chi connectivity index (χ1v) is 11.3. The van der Waals surface area contributed by atoms with Crippen LogP contribution in [0, 0.1) is 13.8 Å². The fourth-order valence-corrected chi connectivity index (χ4v) is 4.45. The highest BCUT2D eigenvalue weighted by molar-refractivity contribution is 5.56. The summed E-state index contributed by atoms with van der Waals surface area (Å²) in [5.74, 6) is 1.73. The molecule has 2 heterocycles. The summed E-state index contributed by atoms with van der Waals surface area (Å²) < 4.78 is 7.34. The maximum Gasteiger partial charge on any atom is 0.173 e. The summed E-state index contributed by atoms with van der Waals surface area (Å²) in [6.07, 6.45) is 0. The molecule has 0 unspecified atom stereocenters. The number of benzene rings is 2. The Morgan fingerprint density at radius 3 is 2.25 bits per heavy atom. The lowest BCUT2D eigenvalue weighted by atomic mass is 10.0. The number of aryl methyl sites for hydroxylation is 1. The molecule has 32 heavy (non-hydrogen) atoms. The van der Waals surface area contributed by atoms with E-state index in [0.717, 1.165) is 37.8 Å². The molecule has 0 saturated carbocycles. The molecule has 0 aliphatic carbocycles. The number of tetrazole rings is 1. The second-order valence-corrected chi connectivity index (χ2v) is 9.54. The minimum Gasteiger partial charge on any atom is -0.497 e. The monoisotopic (exact) mass is 434 g/mol. The van der Waals surface area contributed by atoms with Gasteiger partial charge < -0.3 is 9.64 Å². The van der Waals surface area contributed by atoms with Gasteiger partial charge in [-0.3, -0.25) is 4.90 Å². The van der Waals surface area contributed by atoms with E-state index in [0.29, 0.717) is 0 Å². The molecule has 1 fully saturated rings. The molecule has 1 atom stereocenters. The Morgan fingerprint density at radius 2 is 1.62 bits per heavy atom. The number of nitrogens with zero attached hydrogens (tertiary/aromatic N) is 6. The molecule has 0 bridgehead atoms. The average Bonchev–Trinajstić information content (AvgIpc) is 3.27. The smallest absolute Gasteiger partial charge is 0.173 e. The van der Waals surface area contributed by atoms with Gasteiger partial charge in [-0.15, -0.1) is 5.10 Å². The largest absolute Gasteiger partial charge is 0.497 e. The van der Waals surface area contributed by atoms with Crippen LogP contribution >= 0.6 is 0 Å². The van der Waals surface area contributed by atoms with Gasteiger partial charge in [0, 0.05) is 31.9 Å². The van der Waals surface area contributed by atoms with Crippen LogP contribution in [0.1, 0.15) is 49.3 Å². The molecule has 1 aliphatic heterocycles. The second-order valence-electron chi connectivity index (χ2n) is 9.54. The summed E-state index contributed by atoms with van der Waals surface area (Å²) >= 11 is 0. The highest BCUT2D eigenvalue weighted by Crippen LogP contribution is 2.32. The summed E-state index contributed by atoms with van der Waals surface area (Å²) in [6, 6.07) is 14.8. The van der Waals surface area contributed by atoms with Gasteiger partial charge in [-0.05, 0) is 79.9 Å². The lowest BCUT2D eigenvalue weighted by molar-refractivity contribution is 0.191. The van der Waals surface area contributed by atoms with E-state index < -0.39 is 0 Å². The van der Waals surface area contributed by atoms with E-state index in [1.807, 2.05) is 16.8 Å². The van der Waals surface area contributed by atoms with Gasteiger partial charge in [0.25, 0.3) is 0 Å². The summed E-state index contributed by atoms with van der Waals surface area (Å²) in [6.45, 7) is 14.6. The van der Waals surface area contributed by atoms with E-state index >= 15 is 0 Å². The van der Waals surface area contributed by atoms with Crippen LogP contribution < -0.4 is 9.64 Å². The van der Waals surface area contributed by atoms with Gasteiger partial charge >= 0.3 is 0 Å². The van der Waals surface area contributed by atoms with Crippen LogP contribution in [0.2, 0.25) is 0 Å². The van der Waals surface area contributed by atoms with E-state index in [9.17, 15) is 0 Å². The Bertz CT molecular complexity index is 1050. The van der Waals surface area contributed by atoms with Crippen LogP contribution in [0.4, 0.5) is 5.69 Å². The summed E-state index contributed by atoms with van der Waals surface area (Å²) in [7, 11) is 1.69. The maximum absolute atomic E-state index is 5.38. The van der Waals surface area contributed by atoms with Gasteiger partial charge in [-0.1, -0.05) is 24.3 Å². The lowest BCUT2D eigenvalue weighted by Crippen LogP contribution is -2.49. The zero-order valence-electron chi connectivity index (χ0n) is 20.0. The Morgan fingerprint density at radius 1 is 0.938 bits per heavy atom. The first-order chi connectivity index (χ1) is 15.3. The van der Waals surface area contributed by atoms with Gasteiger partial charge in [-0.25, -0.2) is 4.68 Å². The number of anilines is 1. The third kappa shape index (κ3) is 4.35. The van der Waals surface area contributed by atoms with E-state index in [4.69, 9.17) is 4.74 Å². The van der Waals surface area contributed by atoms with Crippen LogP contribution in [0.3, 0.4) is 0 Å². The van der Waals surface area contributed by atoms with Crippen molar-refractivity contribution in [1.82, 2.24) is 25.1 Å². The molecule has 170 valence electrons. The van der Waals surface area contributed by atoms with Crippen molar-refractivity contribution in [2.24, 2.45) is 0 Å². The van der Waals surface area contributed by atoms with Crippen LogP contribution in [0.5, 0.6) is 5.75 Å². The van der Waals surface area contributed by atoms with E-state index in [-0.39, 0.29) is 11.6 Å². The third-order valence-corrected chi connectivity index (χ3v) is 6.40. The molecule has 1 aromatic heterocycles. The molecule has 7 heteroatoms. The average molecular weight is 435 g/mol. The van der Waals surface area contributed by atoms with Gasteiger partial charge in [0.1, 0.15) is 5.75 Å². The summed E-state index contributed by atoms with van der Waals surface area (Å²) in [4.78, 5) is 4.99. The molecule has 0 spiro atoms. The Balaban J connectivity index is 1.64. The van der Waals surface area contributed by atoms with Crippen LogP contribution in [0.15, 0.2) is 42.5 Å². The minimum absolute atomic E-state index is 0.0177. The molecule has 0 amide bonds. The van der Waals surface area contributed by atoms with Crippen molar-refractivity contribution in [3.8, 4) is 5.75 Å². The molecule has 0 N–H and O–H groups in total. The number of piperazine rings is 1. The molecule has 0 radical (unpaired) electrons. The van der Waals surface area contributed by atoms with Crippen LogP contribution in [-0.2, 0) is 5.54 Å². The topological polar surface area (TPSA) is 59.3 Å². The van der Waals surface area contributed by atoms with E-state index in [2.05, 4.69) is 90.3 Å². The normalized spacial score (nSPS) is 16.2. The number of hydrogen-bond donors (Lipinski definition) is 0. The number of methoxy groups -OCH3 is 1. The van der Waals surface area contributed by atoms with Crippen molar-refractivity contribution in [2.45, 2.75) is 46.2 Å². The Kier molecular flexibility index (Phi) is 6.20. The van der Waals surface area contributed by atoms with Crippen molar-refractivity contribution in [3.05, 3.63) is 65.0 Å². The predicted octanol–water partition coefficient (Wildman–Crippen LogP) is 3.97. The number of ether oxygens (including phenoxy) is 1. The predicted molar refractivity (Wildman–Crippen MR) is 127 cm³/mol. The molecule has 1 saturated heterocycles. The number of rotatable bonds is 5. The Labute approximate surface area is 191 Å². The lowest BCUT2D eigenvalue weighted by Gasteiger charge is -2.41. The molecule has 7 nitrogen and oxygen atoms in total.